The number of anilines is 1. The first-order chi connectivity index (χ1) is 12.7. The van der Waals surface area contributed by atoms with Crippen molar-refractivity contribution in [3.8, 4) is 0 Å². The second kappa shape index (κ2) is 8.02. The summed E-state index contributed by atoms with van der Waals surface area (Å²) in [6.07, 6.45) is 5.48. The lowest BCUT2D eigenvalue weighted by molar-refractivity contribution is -0.152. The zero-order chi connectivity index (χ0) is 18.4. The second-order valence-corrected chi connectivity index (χ2v) is 5.41. The number of hydrogen-bond donors (Lipinski definition) is 1. The predicted octanol–water partition coefficient (Wildman–Crippen LogP) is 3.30. The maximum absolute atomic E-state index is 11.6. The molecule has 0 aliphatic heterocycles. The van der Waals surface area contributed by atoms with Gasteiger partial charge in [-0.25, -0.2) is 9.78 Å². The van der Waals surface area contributed by atoms with Gasteiger partial charge < -0.3 is 10.1 Å². The fourth-order valence-electron chi connectivity index (χ4n) is 2.29. The van der Waals surface area contributed by atoms with E-state index >= 15 is 0 Å². The van der Waals surface area contributed by atoms with E-state index in [1.165, 1.54) is 0 Å². The number of benzene rings is 2. The topological polar surface area (TPSA) is 81.2 Å². The van der Waals surface area contributed by atoms with Crippen molar-refractivity contribution < 1.29 is 14.3 Å². The highest BCUT2D eigenvalue weighted by atomic mass is 16.5. The van der Waals surface area contributed by atoms with Gasteiger partial charge in [0.15, 0.2) is 0 Å². The van der Waals surface area contributed by atoms with Crippen LogP contribution in [0.15, 0.2) is 54.7 Å². The van der Waals surface area contributed by atoms with Crippen molar-refractivity contribution in [2.24, 2.45) is 0 Å². The highest BCUT2D eigenvalue weighted by Crippen LogP contribution is 2.14. The van der Waals surface area contributed by atoms with Crippen molar-refractivity contribution >= 4 is 40.7 Å². The van der Waals surface area contributed by atoms with Crippen LogP contribution in [0.3, 0.4) is 0 Å². The first kappa shape index (κ1) is 17.3. The number of ether oxygens (including phenoxy) is 1. The van der Waals surface area contributed by atoms with E-state index in [0.29, 0.717) is 5.69 Å². The fourth-order valence-corrected chi connectivity index (χ4v) is 2.29. The molecule has 3 aromatic rings. The number of carbonyl (C=O) groups excluding carboxylic acids is 2. The van der Waals surface area contributed by atoms with E-state index in [-0.39, 0.29) is 6.61 Å². The van der Waals surface area contributed by atoms with Crippen LogP contribution in [0.2, 0.25) is 0 Å². The molecule has 3 rings (SSSR count). The number of hydrogen-bond acceptors (Lipinski definition) is 5. The van der Waals surface area contributed by atoms with Crippen LogP contribution >= 0.6 is 0 Å². The molecule has 0 saturated carbocycles. The Labute approximate surface area is 150 Å². The van der Waals surface area contributed by atoms with Gasteiger partial charge in [0.05, 0.1) is 29.5 Å². The van der Waals surface area contributed by atoms with Gasteiger partial charge in [0.1, 0.15) is 0 Å². The zero-order valence-electron chi connectivity index (χ0n) is 14.2. The predicted molar refractivity (Wildman–Crippen MR) is 100 cm³/mol. The van der Waals surface area contributed by atoms with Gasteiger partial charge in [-0.1, -0.05) is 30.3 Å². The maximum atomic E-state index is 11.6. The number of nitrogens with zero attached hydrogens (tertiary/aromatic N) is 2. The molecule has 0 unspecified atom stereocenters. The Hall–Kier alpha value is -3.54. The third-order valence-corrected chi connectivity index (χ3v) is 3.54. The Morgan fingerprint density at radius 1 is 1.04 bits per heavy atom. The van der Waals surface area contributed by atoms with E-state index in [9.17, 15) is 9.59 Å². The molecule has 130 valence electrons. The molecule has 1 amide bonds. The van der Waals surface area contributed by atoms with E-state index in [1.807, 2.05) is 48.6 Å². The summed E-state index contributed by atoms with van der Waals surface area (Å²) in [4.78, 5) is 31.8. The molecule has 2 aromatic carbocycles. The van der Waals surface area contributed by atoms with Crippen LogP contribution in [0.25, 0.3) is 23.2 Å². The van der Waals surface area contributed by atoms with Crippen molar-refractivity contribution in [2.45, 2.75) is 6.92 Å². The molecular weight excluding hydrogens is 330 g/mol. The van der Waals surface area contributed by atoms with Crippen LogP contribution in [0.5, 0.6) is 0 Å². The van der Waals surface area contributed by atoms with Crippen molar-refractivity contribution in [3.63, 3.8) is 0 Å². The third-order valence-electron chi connectivity index (χ3n) is 3.54. The monoisotopic (exact) mass is 347 g/mol. The third kappa shape index (κ3) is 4.30. The fraction of sp³-hybridized carbons (Fsp3) is 0.100. The van der Waals surface area contributed by atoms with Crippen LogP contribution in [0.1, 0.15) is 18.2 Å². The minimum absolute atomic E-state index is 0.160. The number of carbonyl (C=O) groups is 2. The Morgan fingerprint density at radius 3 is 2.50 bits per heavy atom. The molecule has 0 aliphatic rings. The van der Waals surface area contributed by atoms with Crippen LogP contribution in [-0.4, -0.2) is 28.5 Å². The lowest BCUT2D eigenvalue weighted by atomic mass is 10.2. The molecule has 0 saturated heterocycles. The molecule has 26 heavy (non-hydrogen) atoms. The van der Waals surface area contributed by atoms with Gasteiger partial charge in [-0.05, 0) is 42.8 Å². The molecule has 6 heteroatoms. The first-order valence-electron chi connectivity index (χ1n) is 8.14. The number of amides is 1. The van der Waals surface area contributed by atoms with Crippen LogP contribution in [0.4, 0.5) is 5.69 Å². The zero-order valence-corrected chi connectivity index (χ0v) is 14.2. The number of rotatable bonds is 4. The van der Waals surface area contributed by atoms with E-state index in [0.717, 1.165) is 22.3 Å². The summed E-state index contributed by atoms with van der Waals surface area (Å²) in [7, 11) is 0. The van der Waals surface area contributed by atoms with E-state index in [1.54, 1.807) is 25.3 Å². The highest BCUT2D eigenvalue weighted by molar-refractivity contribution is 6.37. The average Bonchev–Trinajstić information content (AvgIpc) is 2.67. The van der Waals surface area contributed by atoms with Gasteiger partial charge in [0.2, 0.25) is 0 Å². The minimum atomic E-state index is -0.897. The molecule has 1 heterocycles. The van der Waals surface area contributed by atoms with Gasteiger partial charge in [-0.15, -0.1) is 0 Å². The van der Waals surface area contributed by atoms with Crippen molar-refractivity contribution in [3.05, 3.63) is 66.0 Å². The minimum Gasteiger partial charge on any atom is -0.459 e. The Balaban J connectivity index is 1.67. The number of para-hydroxylation sites is 2. The summed E-state index contributed by atoms with van der Waals surface area (Å²) >= 11 is 0. The van der Waals surface area contributed by atoms with E-state index in [2.05, 4.69) is 20.0 Å². The Morgan fingerprint density at radius 2 is 1.77 bits per heavy atom. The molecule has 0 bridgehead atoms. The smallest absolute Gasteiger partial charge is 0.397 e. The van der Waals surface area contributed by atoms with Gasteiger partial charge in [-0.3, -0.25) is 9.78 Å². The summed E-state index contributed by atoms with van der Waals surface area (Å²) < 4.78 is 4.64. The molecule has 0 spiro atoms. The van der Waals surface area contributed by atoms with Crippen LogP contribution < -0.4 is 5.32 Å². The van der Waals surface area contributed by atoms with Gasteiger partial charge in [0, 0.05) is 5.69 Å². The van der Waals surface area contributed by atoms with Crippen LogP contribution in [-0.2, 0) is 14.3 Å². The molecule has 0 fully saturated rings. The van der Waals surface area contributed by atoms with Gasteiger partial charge in [-0.2, -0.15) is 0 Å². The van der Waals surface area contributed by atoms with Gasteiger partial charge >= 0.3 is 11.9 Å². The second-order valence-electron chi connectivity index (χ2n) is 5.41. The summed E-state index contributed by atoms with van der Waals surface area (Å²) in [6, 6.07) is 14.8. The molecule has 6 nitrogen and oxygen atoms in total. The first-order valence-corrected chi connectivity index (χ1v) is 8.14. The van der Waals surface area contributed by atoms with Gasteiger partial charge in [0.25, 0.3) is 0 Å². The SMILES string of the molecule is CCOC(=O)C(=O)Nc1ccc(/C=C/c2cnc3ccccc3n2)cc1. The molecular formula is C20H17N3O3. The lowest BCUT2D eigenvalue weighted by Gasteiger charge is -2.04. The molecule has 0 aliphatic carbocycles. The number of esters is 1. The number of fused-ring (bicyclic) bond motifs is 1. The van der Waals surface area contributed by atoms with E-state index in [4.69, 9.17) is 0 Å². The maximum Gasteiger partial charge on any atom is 0.397 e. The molecule has 0 atom stereocenters. The highest BCUT2D eigenvalue weighted by Gasteiger charge is 2.14. The van der Waals surface area contributed by atoms with Crippen molar-refractivity contribution in [2.75, 3.05) is 11.9 Å². The van der Waals surface area contributed by atoms with E-state index < -0.39 is 11.9 Å². The summed E-state index contributed by atoms with van der Waals surface area (Å²) in [5.74, 6) is -1.69. The molecule has 1 aromatic heterocycles. The van der Waals surface area contributed by atoms with Crippen molar-refractivity contribution in [1.29, 1.82) is 0 Å². The summed E-state index contributed by atoms with van der Waals surface area (Å²) in [5, 5.41) is 2.49. The standard InChI is InChI=1S/C20H17N3O3/c1-2-26-20(25)19(24)23-15-10-7-14(8-11-15)9-12-16-13-21-17-5-3-4-6-18(17)22-16/h3-13H,2H2,1H3,(H,23,24)/b12-9+. The normalized spacial score (nSPS) is 10.8. The molecule has 1 N–H and O–H groups in total. The summed E-state index contributed by atoms with van der Waals surface area (Å²) in [6.45, 7) is 1.81. The number of nitrogens with one attached hydrogen (secondary N) is 1. The average molecular weight is 347 g/mol. The largest absolute Gasteiger partial charge is 0.459 e. The van der Waals surface area contributed by atoms with Crippen LogP contribution in [0, 0.1) is 0 Å². The quantitative estimate of drug-likeness (QED) is 0.578. The summed E-state index contributed by atoms with van der Waals surface area (Å²) in [5.41, 5.74) is 3.89. The molecule has 0 radical (unpaired) electrons. The Bertz CT molecular complexity index is 965. The lowest BCUT2D eigenvalue weighted by Crippen LogP contribution is -2.24. The number of aromatic nitrogens is 2. The van der Waals surface area contributed by atoms with Crippen molar-refractivity contribution in [1.82, 2.24) is 9.97 Å². The Kier molecular flexibility index (Phi) is 5.34.